The summed E-state index contributed by atoms with van der Waals surface area (Å²) in [4.78, 5) is 0. The van der Waals surface area contributed by atoms with E-state index in [0.717, 1.165) is 5.56 Å². The molecule has 94 valence electrons. The van der Waals surface area contributed by atoms with Crippen molar-refractivity contribution < 1.29 is 9.47 Å². The van der Waals surface area contributed by atoms with Gasteiger partial charge < -0.3 is 15.2 Å². The zero-order chi connectivity index (χ0) is 12.6. The minimum absolute atomic E-state index is 0.0195. The smallest absolute Gasteiger partial charge is 0.193 e. The first-order valence-electron chi connectivity index (χ1n) is 6.23. The maximum atomic E-state index is 5.95. The van der Waals surface area contributed by atoms with E-state index in [1.807, 2.05) is 25.1 Å². The standard InChI is InChI=1S/C15H17NO2/c1-15(17-10-12(9-16)18-15)14-8-4-6-11-5-2-3-7-13(11)14/h2-8,12H,9-10,16H2,1H3. The average molecular weight is 243 g/mol. The molecule has 3 rings (SSSR count). The highest BCUT2D eigenvalue weighted by Crippen LogP contribution is 2.37. The monoisotopic (exact) mass is 243 g/mol. The molecule has 2 aromatic carbocycles. The summed E-state index contributed by atoms with van der Waals surface area (Å²) in [6.45, 7) is 3.00. The van der Waals surface area contributed by atoms with Gasteiger partial charge >= 0.3 is 0 Å². The molecule has 2 unspecified atom stereocenters. The molecule has 1 heterocycles. The quantitative estimate of drug-likeness (QED) is 0.880. The first kappa shape index (κ1) is 11.7. The van der Waals surface area contributed by atoms with Crippen molar-refractivity contribution in [3.63, 3.8) is 0 Å². The third kappa shape index (κ3) is 1.81. The largest absolute Gasteiger partial charge is 0.343 e. The molecular weight excluding hydrogens is 226 g/mol. The summed E-state index contributed by atoms with van der Waals surface area (Å²) < 4.78 is 11.8. The van der Waals surface area contributed by atoms with E-state index in [1.165, 1.54) is 10.8 Å². The first-order valence-corrected chi connectivity index (χ1v) is 6.23. The number of ether oxygens (including phenoxy) is 2. The number of benzene rings is 2. The Hall–Kier alpha value is -1.42. The van der Waals surface area contributed by atoms with E-state index in [9.17, 15) is 0 Å². The molecule has 0 aliphatic carbocycles. The lowest BCUT2D eigenvalue weighted by molar-refractivity contribution is -0.159. The first-order chi connectivity index (χ1) is 8.73. The van der Waals surface area contributed by atoms with E-state index in [4.69, 9.17) is 15.2 Å². The van der Waals surface area contributed by atoms with Crippen molar-refractivity contribution in [1.29, 1.82) is 0 Å². The van der Waals surface area contributed by atoms with Crippen molar-refractivity contribution in [1.82, 2.24) is 0 Å². The van der Waals surface area contributed by atoms with Gasteiger partial charge in [-0.2, -0.15) is 0 Å². The second-order valence-corrected chi connectivity index (χ2v) is 4.76. The Morgan fingerprint density at radius 3 is 2.78 bits per heavy atom. The molecule has 2 N–H and O–H groups in total. The number of nitrogens with two attached hydrogens (primary N) is 1. The molecule has 0 spiro atoms. The molecule has 3 nitrogen and oxygen atoms in total. The minimum Gasteiger partial charge on any atom is -0.343 e. The average Bonchev–Trinajstić information content (AvgIpc) is 2.81. The summed E-state index contributed by atoms with van der Waals surface area (Å²) in [5.74, 6) is -0.690. The molecular formula is C15H17NO2. The SMILES string of the molecule is CC1(c2cccc3ccccc23)OCC(CN)O1. The molecule has 0 amide bonds. The van der Waals surface area contributed by atoms with Crippen molar-refractivity contribution in [3.05, 3.63) is 48.0 Å². The van der Waals surface area contributed by atoms with Crippen LogP contribution in [0.2, 0.25) is 0 Å². The third-order valence-corrected chi connectivity index (χ3v) is 3.48. The van der Waals surface area contributed by atoms with Crippen LogP contribution in [0.5, 0.6) is 0 Å². The molecule has 0 bridgehead atoms. The Kier molecular flexibility index (Phi) is 2.82. The highest BCUT2D eigenvalue weighted by Gasteiger charge is 2.39. The number of hydrogen-bond donors (Lipinski definition) is 1. The van der Waals surface area contributed by atoms with Crippen LogP contribution in [0, 0.1) is 0 Å². The van der Waals surface area contributed by atoms with Gasteiger partial charge in [-0.25, -0.2) is 0 Å². The zero-order valence-electron chi connectivity index (χ0n) is 10.4. The van der Waals surface area contributed by atoms with Crippen LogP contribution in [-0.4, -0.2) is 19.3 Å². The fourth-order valence-electron chi connectivity index (χ4n) is 2.52. The van der Waals surface area contributed by atoms with Crippen LogP contribution in [0.3, 0.4) is 0 Å². The molecule has 0 radical (unpaired) electrons. The van der Waals surface area contributed by atoms with Crippen LogP contribution in [0.25, 0.3) is 10.8 Å². The van der Waals surface area contributed by atoms with Crippen LogP contribution < -0.4 is 5.73 Å². The summed E-state index contributed by atoms with van der Waals surface area (Å²) in [7, 11) is 0. The minimum atomic E-state index is -0.690. The highest BCUT2D eigenvalue weighted by molar-refractivity contribution is 5.86. The van der Waals surface area contributed by atoms with Gasteiger partial charge in [0, 0.05) is 12.1 Å². The molecule has 18 heavy (non-hydrogen) atoms. The molecule has 3 heteroatoms. The Labute approximate surface area is 106 Å². The van der Waals surface area contributed by atoms with E-state index >= 15 is 0 Å². The van der Waals surface area contributed by atoms with E-state index in [1.54, 1.807) is 0 Å². The Morgan fingerprint density at radius 2 is 2.00 bits per heavy atom. The summed E-state index contributed by atoms with van der Waals surface area (Å²) in [5.41, 5.74) is 6.71. The van der Waals surface area contributed by atoms with E-state index in [-0.39, 0.29) is 6.10 Å². The fourth-order valence-corrected chi connectivity index (χ4v) is 2.52. The molecule has 2 aromatic rings. The van der Waals surface area contributed by atoms with Crippen molar-refractivity contribution in [2.45, 2.75) is 18.8 Å². The number of hydrogen-bond acceptors (Lipinski definition) is 3. The lowest BCUT2D eigenvalue weighted by Crippen LogP contribution is -2.27. The van der Waals surface area contributed by atoms with Gasteiger partial charge in [-0.05, 0) is 17.7 Å². The maximum Gasteiger partial charge on any atom is 0.193 e. The summed E-state index contributed by atoms with van der Waals surface area (Å²) in [6, 6.07) is 14.4. The Morgan fingerprint density at radius 1 is 1.22 bits per heavy atom. The number of fused-ring (bicyclic) bond motifs is 1. The van der Waals surface area contributed by atoms with Crippen molar-refractivity contribution in [3.8, 4) is 0 Å². The lowest BCUT2D eigenvalue weighted by atomic mass is 9.99. The van der Waals surface area contributed by atoms with Gasteiger partial charge in [0.15, 0.2) is 5.79 Å². The molecule has 1 saturated heterocycles. The van der Waals surface area contributed by atoms with Gasteiger partial charge in [0.1, 0.15) is 0 Å². The van der Waals surface area contributed by atoms with Gasteiger partial charge in [0.05, 0.1) is 12.7 Å². The molecule has 0 saturated carbocycles. The van der Waals surface area contributed by atoms with Crippen molar-refractivity contribution in [2.24, 2.45) is 5.73 Å². The van der Waals surface area contributed by atoms with Gasteiger partial charge in [-0.15, -0.1) is 0 Å². The van der Waals surface area contributed by atoms with E-state index < -0.39 is 5.79 Å². The Bertz CT molecular complexity index is 564. The normalized spacial score (nSPS) is 27.8. The summed E-state index contributed by atoms with van der Waals surface area (Å²) in [5, 5.41) is 2.36. The van der Waals surface area contributed by atoms with Crippen LogP contribution in [0.15, 0.2) is 42.5 Å². The van der Waals surface area contributed by atoms with Gasteiger partial charge in [-0.3, -0.25) is 0 Å². The van der Waals surface area contributed by atoms with E-state index in [0.29, 0.717) is 13.2 Å². The fraction of sp³-hybridized carbons (Fsp3) is 0.333. The molecule has 1 aliphatic heterocycles. The lowest BCUT2D eigenvalue weighted by Gasteiger charge is -2.25. The van der Waals surface area contributed by atoms with Gasteiger partial charge in [-0.1, -0.05) is 42.5 Å². The van der Waals surface area contributed by atoms with Crippen LogP contribution in [0.4, 0.5) is 0 Å². The predicted octanol–water partition coefficient (Wildman–Crippen LogP) is 2.39. The molecule has 0 aromatic heterocycles. The number of rotatable bonds is 2. The predicted molar refractivity (Wildman–Crippen MR) is 71.2 cm³/mol. The van der Waals surface area contributed by atoms with Crippen LogP contribution in [-0.2, 0) is 15.3 Å². The molecule has 1 fully saturated rings. The summed E-state index contributed by atoms with van der Waals surface area (Å²) >= 11 is 0. The third-order valence-electron chi connectivity index (χ3n) is 3.48. The van der Waals surface area contributed by atoms with Gasteiger partial charge in [0.25, 0.3) is 0 Å². The highest BCUT2D eigenvalue weighted by atomic mass is 16.7. The van der Waals surface area contributed by atoms with Gasteiger partial charge in [0.2, 0.25) is 0 Å². The van der Waals surface area contributed by atoms with Crippen LogP contribution in [0.1, 0.15) is 12.5 Å². The summed E-state index contributed by atoms with van der Waals surface area (Å²) in [6.07, 6.45) is -0.0195. The van der Waals surface area contributed by atoms with Crippen LogP contribution >= 0.6 is 0 Å². The second kappa shape index (κ2) is 4.35. The molecule has 2 atom stereocenters. The maximum absolute atomic E-state index is 5.95. The van der Waals surface area contributed by atoms with E-state index in [2.05, 4.69) is 24.3 Å². The Balaban J connectivity index is 2.09. The second-order valence-electron chi connectivity index (χ2n) is 4.76. The zero-order valence-corrected chi connectivity index (χ0v) is 10.4. The van der Waals surface area contributed by atoms with Crippen molar-refractivity contribution in [2.75, 3.05) is 13.2 Å². The topological polar surface area (TPSA) is 44.5 Å². The molecule has 1 aliphatic rings. The van der Waals surface area contributed by atoms with Crippen molar-refractivity contribution >= 4 is 10.8 Å².